The van der Waals surface area contributed by atoms with Crippen molar-refractivity contribution < 1.29 is 18.0 Å². The number of fused-ring (bicyclic) bond motifs is 1. The zero-order valence-corrected chi connectivity index (χ0v) is 15.1. The van der Waals surface area contributed by atoms with Crippen molar-refractivity contribution in [2.24, 2.45) is 0 Å². The number of rotatable bonds is 4. The van der Waals surface area contributed by atoms with Crippen molar-refractivity contribution in [1.29, 1.82) is 0 Å². The summed E-state index contributed by atoms with van der Waals surface area (Å²) in [7, 11) is 0. The lowest BCUT2D eigenvalue weighted by atomic mass is 10.1. The van der Waals surface area contributed by atoms with E-state index in [0.717, 1.165) is 12.1 Å². The van der Waals surface area contributed by atoms with Gasteiger partial charge < -0.3 is 9.73 Å². The molecule has 1 aromatic carbocycles. The molecule has 0 aliphatic carbocycles. The first-order chi connectivity index (χ1) is 13.4. The molecule has 3 heterocycles. The second-order valence-corrected chi connectivity index (χ2v) is 6.54. The number of amides is 1. The monoisotopic (exact) mass is 382 g/mol. The number of pyridine rings is 1. The standard InChI is InChI=1S/C20H16F2N4O2/c1-11(2)26-19-14(10-23-26)13(9-17(25-19)18-4-3-7-28-18)20(27)24-12-5-6-15(21)16(22)8-12/h3-11H,1-2H3,(H,24,27). The number of carbonyl (C=O) groups is 1. The van der Waals surface area contributed by atoms with Gasteiger partial charge in [-0.25, -0.2) is 18.4 Å². The minimum atomic E-state index is -1.04. The van der Waals surface area contributed by atoms with Crippen LogP contribution in [0.1, 0.15) is 30.2 Å². The molecular formula is C20H16F2N4O2. The van der Waals surface area contributed by atoms with E-state index in [1.165, 1.54) is 12.3 Å². The molecule has 28 heavy (non-hydrogen) atoms. The van der Waals surface area contributed by atoms with Crippen molar-refractivity contribution in [3.05, 3.63) is 66.1 Å². The Kier molecular flexibility index (Phi) is 4.38. The van der Waals surface area contributed by atoms with E-state index in [2.05, 4.69) is 15.4 Å². The Bertz CT molecular complexity index is 1170. The average Bonchev–Trinajstić information content (AvgIpc) is 3.33. The van der Waals surface area contributed by atoms with Gasteiger partial charge in [0.2, 0.25) is 0 Å². The van der Waals surface area contributed by atoms with Gasteiger partial charge in [-0.05, 0) is 44.2 Å². The van der Waals surface area contributed by atoms with Gasteiger partial charge >= 0.3 is 0 Å². The van der Waals surface area contributed by atoms with E-state index < -0.39 is 17.5 Å². The van der Waals surface area contributed by atoms with Gasteiger partial charge in [0.25, 0.3) is 5.91 Å². The van der Waals surface area contributed by atoms with Gasteiger partial charge in [0, 0.05) is 17.8 Å². The third-order valence-electron chi connectivity index (χ3n) is 4.25. The molecule has 6 nitrogen and oxygen atoms in total. The Morgan fingerprint density at radius 3 is 2.68 bits per heavy atom. The maximum Gasteiger partial charge on any atom is 0.256 e. The van der Waals surface area contributed by atoms with Gasteiger partial charge in [0.05, 0.1) is 23.4 Å². The van der Waals surface area contributed by atoms with Gasteiger partial charge in [-0.15, -0.1) is 0 Å². The van der Waals surface area contributed by atoms with Crippen LogP contribution in [-0.4, -0.2) is 20.7 Å². The Labute approximate surface area is 158 Å². The molecule has 0 bridgehead atoms. The van der Waals surface area contributed by atoms with E-state index >= 15 is 0 Å². The topological polar surface area (TPSA) is 73.0 Å². The highest BCUT2D eigenvalue weighted by atomic mass is 19.2. The number of nitrogens with zero attached hydrogens (tertiary/aromatic N) is 3. The summed E-state index contributed by atoms with van der Waals surface area (Å²) in [5, 5.41) is 7.46. The van der Waals surface area contributed by atoms with E-state index in [4.69, 9.17) is 4.42 Å². The molecule has 0 radical (unpaired) electrons. The molecule has 3 aromatic heterocycles. The van der Waals surface area contributed by atoms with Gasteiger partial charge in [0.15, 0.2) is 23.0 Å². The van der Waals surface area contributed by atoms with Crippen LogP contribution in [0.5, 0.6) is 0 Å². The van der Waals surface area contributed by atoms with Gasteiger partial charge in [-0.1, -0.05) is 0 Å². The summed E-state index contributed by atoms with van der Waals surface area (Å²) in [6.07, 6.45) is 3.08. The van der Waals surface area contributed by atoms with Crippen LogP contribution in [0.2, 0.25) is 0 Å². The molecule has 8 heteroatoms. The number of benzene rings is 1. The van der Waals surface area contributed by atoms with E-state index in [9.17, 15) is 13.6 Å². The van der Waals surface area contributed by atoms with Crippen molar-refractivity contribution in [3.8, 4) is 11.5 Å². The summed E-state index contributed by atoms with van der Waals surface area (Å²) in [6.45, 7) is 3.91. The molecule has 0 aliphatic rings. The molecule has 0 atom stereocenters. The molecular weight excluding hydrogens is 366 g/mol. The largest absolute Gasteiger partial charge is 0.463 e. The second kappa shape index (κ2) is 6.88. The van der Waals surface area contributed by atoms with Crippen molar-refractivity contribution in [2.75, 3.05) is 5.32 Å². The summed E-state index contributed by atoms with van der Waals surface area (Å²) < 4.78 is 33.7. The van der Waals surface area contributed by atoms with E-state index in [0.29, 0.717) is 28.1 Å². The first kappa shape index (κ1) is 17.8. The van der Waals surface area contributed by atoms with Crippen LogP contribution < -0.4 is 5.32 Å². The number of hydrogen-bond acceptors (Lipinski definition) is 4. The SMILES string of the molecule is CC(C)n1ncc2c(C(=O)Nc3ccc(F)c(F)c3)cc(-c3ccco3)nc21. The second-order valence-electron chi connectivity index (χ2n) is 6.54. The van der Waals surface area contributed by atoms with Crippen LogP contribution >= 0.6 is 0 Å². The number of aromatic nitrogens is 3. The first-order valence-corrected chi connectivity index (χ1v) is 8.62. The number of furan rings is 1. The molecule has 4 rings (SSSR count). The van der Waals surface area contributed by atoms with Crippen LogP contribution in [0.15, 0.2) is 53.3 Å². The number of anilines is 1. The molecule has 1 amide bonds. The zero-order valence-electron chi connectivity index (χ0n) is 15.1. The van der Waals surface area contributed by atoms with Crippen LogP contribution in [0.3, 0.4) is 0 Å². The molecule has 0 aliphatic heterocycles. The van der Waals surface area contributed by atoms with Crippen molar-refractivity contribution in [3.63, 3.8) is 0 Å². The summed E-state index contributed by atoms with van der Waals surface area (Å²) in [6, 6.07) is 8.25. The quantitative estimate of drug-likeness (QED) is 0.550. The number of carbonyl (C=O) groups excluding carboxylic acids is 1. The highest BCUT2D eigenvalue weighted by Crippen LogP contribution is 2.27. The maximum atomic E-state index is 13.5. The Morgan fingerprint density at radius 2 is 2.00 bits per heavy atom. The fraction of sp³-hybridized carbons (Fsp3) is 0.150. The number of halogens is 2. The molecule has 0 fully saturated rings. The molecule has 0 saturated carbocycles. The van der Waals surface area contributed by atoms with E-state index in [-0.39, 0.29) is 11.7 Å². The summed E-state index contributed by atoms with van der Waals surface area (Å²) in [4.78, 5) is 17.5. The lowest BCUT2D eigenvalue weighted by Crippen LogP contribution is -2.13. The third kappa shape index (κ3) is 3.13. The molecule has 0 unspecified atom stereocenters. The van der Waals surface area contributed by atoms with Crippen LogP contribution in [-0.2, 0) is 0 Å². The maximum absolute atomic E-state index is 13.5. The molecule has 0 saturated heterocycles. The number of hydrogen-bond donors (Lipinski definition) is 1. The predicted molar refractivity (Wildman–Crippen MR) is 99.9 cm³/mol. The minimum Gasteiger partial charge on any atom is -0.463 e. The fourth-order valence-corrected chi connectivity index (χ4v) is 2.91. The van der Waals surface area contributed by atoms with Crippen LogP contribution in [0.25, 0.3) is 22.5 Å². The lowest BCUT2D eigenvalue weighted by Gasteiger charge is -2.10. The molecule has 1 N–H and O–H groups in total. The Morgan fingerprint density at radius 1 is 1.18 bits per heavy atom. The average molecular weight is 382 g/mol. The fourth-order valence-electron chi connectivity index (χ4n) is 2.91. The highest BCUT2D eigenvalue weighted by Gasteiger charge is 2.20. The first-order valence-electron chi connectivity index (χ1n) is 8.62. The highest BCUT2D eigenvalue weighted by molar-refractivity contribution is 6.12. The molecule has 4 aromatic rings. The minimum absolute atomic E-state index is 0.0268. The summed E-state index contributed by atoms with van der Waals surface area (Å²) >= 11 is 0. The Hall–Kier alpha value is -3.55. The van der Waals surface area contributed by atoms with Crippen LogP contribution in [0, 0.1) is 11.6 Å². The van der Waals surface area contributed by atoms with Crippen LogP contribution in [0.4, 0.5) is 14.5 Å². The van der Waals surface area contributed by atoms with Gasteiger partial charge in [-0.3, -0.25) is 4.79 Å². The van der Waals surface area contributed by atoms with Crippen molar-refractivity contribution >= 4 is 22.6 Å². The van der Waals surface area contributed by atoms with Crippen molar-refractivity contribution in [2.45, 2.75) is 19.9 Å². The molecule has 142 valence electrons. The zero-order chi connectivity index (χ0) is 19.8. The lowest BCUT2D eigenvalue weighted by molar-refractivity contribution is 0.102. The molecule has 0 spiro atoms. The normalized spacial score (nSPS) is 11.3. The summed E-state index contributed by atoms with van der Waals surface area (Å²) in [5.74, 6) is -2.01. The van der Waals surface area contributed by atoms with Gasteiger partial charge in [0.1, 0.15) is 5.69 Å². The number of nitrogens with one attached hydrogen (secondary N) is 1. The van der Waals surface area contributed by atoms with E-state index in [1.54, 1.807) is 29.1 Å². The van der Waals surface area contributed by atoms with Gasteiger partial charge in [-0.2, -0.15) is 5.10 Å². The summed E-state index contributed by atoms with van der Waals surface area (Å²) in [5.41, 5.74) is 1.44. The Balaban J connectivity index is 1.82. The van der Waals surface area contributed by atoms with Crippen molar-refractivity contribution in [1.82, 2.24) is 14.8 Å². The predicted octanol–water partition coefficient (Wildman–Crippen LogP) is 4.80. The third-order valence-corrected chi connectivity index (χ3v) is 4.25. The van der Waals surface area contributed by atoms with E-state index in [1.807, 2.05) is 13.8 Å². The smallest absolute Gasteiger partial charge is 0.256 e.